The monoisotopic (exact) mass is 294 g/mol. The molecule has 0 radical (unpaired) electrons. The van der Waals surface area contributed by atoms with Gasteiger partial charge < -0.3 is 14.0 Å². The second-order valence-electron chi connectivity index (χ2n) is 4.37. The third-order valence-electron chi connectivity index (χ3n) is 2.86. The lowest BCUT2D eigenvalue weighted by Crippen LogP contribution is -2.37. The lowest BCUT2D eigenvalue weighted by atomic mass is 10.1. The molecule has 1 aromatic rings. The van der Waals surface area contributed by atoms with Crippen LogP contribution >= 0.6 is 0 Å². The number of hydrogen-bond donors (Lipinski definition) is 2. The summed E-state index contributed by atoms with van der Waals surface area (Å²) in [6.07, 6.45) is 1.98. The maximum absolute atomic E-state index is 13.3. The molecule has 19 heavy (non-hydrogen) atoms. The van der Waals surface area contributed by atoms with Crippen molar-refractivity contribution >= 4 is 8.80 Å². The van der Waals surface area contributed by atoms with Crippen LogP contribution in [0.4, 0.5) is 13.2 Å². The van der Waals surface area contributed by atoms with Gasteiger partial charge in [-0.05, 0) is 30.9 Å². The van der Waals surface area contributed by atoms with E-state index < -0.39 is 26.3 Å². The van der Waals surface area contributed by atoms with Crippen LogP contribution in [0, 0.1) is 17.5 Å². The Kier molecular flexibility index (Phi) is 5.99. The van der Waals surface area contributed by atoms with Gasteiger partial charge in [-0.25, -0.2) is 13.2 Å². The van der Waals surface area contributed by atoms with E-state index >= 15 is 0 Å². The molecule has 0 aliphatic heterocycles. The van der Waals surface area contributed by atoms with Crippen molar-refractivity contribution in [1.29, 1.82) is 0 Å². The standard InChI is InChI=1S/C12H17F3O3Si/c1-18-19(16,17)6-4-2-3-5-9-7-11(14)12(15)8-10(9)13/h7-8,16-17H,2-6H2,1H3. The summed E-state index contributed by atoms with van der Waals surface area (Å²) in [5.41, 5.74) is 0.127. The predicted molar refractivity (Wildman–Crippen MR) is 65.9 cm³/mol. The maximum atomic E-state index is 13.3. The van der Waals surface area contributed by atoms with E-state index in [-0.39, 0.29) is 18.0 Å². The van der Waals surface area contributed by atoms with Crippen LogP contribution in [0.15, 0.2) is 12.1 Å². The zero-order valence-corrected chi connectivity index (χ0v) is 11.6. The minimum atomic E-state index is -3.52. The summed E-state index contributed by atoms with van der Waals surface area (Å²) < 4.78 is 43.4. The number of aryl methyl sites for hydroxylation is 1. The van der Waals surface area contributed by atoms with Crippen LogP contribution in [0.3, 0.4) is 0 Å². The molecule has 108 valence electrons. The van der Waals surface area contributed by atoms with Crippen LogP contribution in [-0.4, -0.2) is 25.5 Å². The maximum Gasteiger partial charge on any atom is 0.495 e. The molecule has 0 amide bonds. The summed E-state index contributed by atoms with van der Waals surface area (Å²) in [5, 5.41) is 0. The van der Waals surface area contributed by atoms with E-state index in [2.05, 4.69) is 4.43 Å². The van der Waals surface area contributed by atoms with Crippen LogP contribution in [-0.2, 0) is 10.8 Å². The fraction of sp³-hybridized carbons (Fsp3) is 0.500. The van der Waals surface area contributed by atoms with Gasteiger partial charge in [0.2, 0.25) is 0 Å². The number of halogens is 3. The van der Waals surface area contributed by atoms with Crippen molar-refractivity contribution in [2.45, 2.75) is 31.7 Å². The molecule has 0 aromatic heterocycles. The second-order valence-corrected chi connectivity index (χ2v) is 6.76. The van der Waals surface area contributed by atoms with Gasteiger partial charge in [0, 0.05) is 19.2 Å². The van der Waals surface area contributed by atoms with Crippen LogP contribution in [0.2, 0.25) is 6.04 Å². The molecule has 0 aliphatic carbocycles. The fourth-order valence-electron chi connectivity index (χ4n) is 1.70. The Bertz CT molecular complexity index is 427. The summed E-state index contributed by atoms with van der Waals surface area (Å²) in [5.74, 6) is -3.02. The van der Waals surface area contributed by atoms with Gasteiger partial charge in [-0.1, -0.05) is 6.42 Å². The molecule has 7 heteroatoms. The van der Waals surface area contributed by atoms with Crippen LogP contribution < -0.4 is 0 Å². The highest BCUT2D eigenvalue weighted by Crippen LogP contribution is 2.17. The van der Waals surface area contributed by atoms with E-state index in [4.69, 9.17) is 0 Å². The predicted octanol–water partition coefficient (Wildman–Crippen LogP) is 2.39. The molecule has 0 atom stereocenters. The molecular formula is C12H17F3O3Si. The van der Waals surface area contributed by atoms with E-state index in [0.29, 0.717) is 25.3 Å². The Morgan fingerprint density at radius 3 is 2.26 bits per heavy atom. The number of hydrogen-bond acceptors (Lipinski definition) is 3. The highest BCUT2D eigenvalue weighted by atomic mass is 28.4. The highest BCUT2D eigenvalue weighted by molar-refractivity contribution is 6.57. The largest absolute Gasteiger partial charge is 0.495 e. The summed E-state index contributed by atoms with van der Waals surface area (Å²) in [6, 6.07) is 1.57. The van der Waals surface area contributed by atoms with Crippen molar-refractivity contribution in [3.63, 3.8) is 0 Å². The third-order valence-corrected chi connectivity index (χ3v) is 4.52. The molecule has 0 bridgehead atoms. The topological polar surface area (TPSA) is 49.7 Å². The molecule has 1 rings (SSSR count). The first kappa shape index (κ1) is 16.2. The van der Waals surface area contributed by atoms with Crippen molar-refractivity contribution in [1.82, 2.24) is 0 Å². The Hall–Kier alpha value is -0.893. The van der Waals surface area contributed by atoms with Crippen molar-refractivity contribution in [2.24, 2.45) is 0 Å². The Balaban J connectivity index is 2.36. The lowest BCUT2D eigenvalue weighted by Gasteiger charge is -2.14. The highest BCUT2D eigenvalue weighted by Gasteiger charge is 2.29. The number of benzene rings is 1. The van der Waals surface area contributed by atoms with E-state index in [1.807, 2.05) is 0 Å². The summed E-state index contributed by atoms with van der Waals surface area (Å²) in [4.78, 5) is 18.5. The van der Waals surface area contributed by atoms with Crippen LogP contribution in [0.1, 0.15) is 24.8 Å². The molecule has 0 unspecified atom stereocenters. The first-order valence-electron chi connectivity index (χ1n) is 5.99. The lowest BCUT2D eigenvalue weighted by molar-refractivity contribution is 0.183. The minimum Gasteiger partial charge on any atom is -0.390 e. The van der Waals surface area contributed by atoms with Crippen molar-refractivity contribution in [3.05, 3.63) is 35.1 Å². The molecular weight excluding hydrogens is 277 g/mol. The average molecular weight is 294 g/mol. The number of unbranched alkanes of at least 4 members (excludes halogenated alkanes) is 2. The second kappa shape index (κ2) is 7.04. The molecule has 1 aromatic carbocycles. The molecule has 0 saturated heterocycles. The van der Waals surface area contributed by atoms with Gasteiger partial charge >= 0.3 is 8.80 Å². The molecule has 0 spiro atoms. The Morgan fingerprint density at radius 1 is 1.00 bits per heavy atom. The van der Waals surface area contributed by atoms with E-state index in [1.54, 1.807) is 0 Å². The van der Waals surface area contributed by atoms with Crippen LogP contribution in [0.5, 0.6) is 0 Å². The molecule has 2 N–H and O–H groups in total. The average Bonchev–Trinajstić information content (AvgIpc) is 2.35. The molecule has 3 nitrogen and oxygen atoms in total. The van der Waals surface area contributed by atoms with Gasteiger partial charge in [-0.15, -0.1) is 0 Å². The van der Waals surface area contributed by atoms with Gasteiger partial charge in [-0.2, -0.15) is 0 Å². The van der Waals surface area contributed by atoms with E-state index in [9.17, 15) is 22.8 Å². The van der Waals surface area contributed by atoms with Gasteiger partial charge in [-0.3, -0.25) is 0 Å². The molecule has 0 fully saturated rings. The van der Waals surface area contributed by atoms with Gasteiger partial charge in [0.1, 0.15) is 5.82 Å². The zero-order valence-electron chi connectivity index (χ0n) is 10.6. The molecule has 0 heterocycles. The van der Waals surface area contributed by atoms with Gasteiger partial charge in [0.15, 0.2) is 11.6 Å². The minimum absolute atomic E-state index is 0.127. The smallest absolute Gasteiger partial charge is 0.390 e. The van der Waals surface area contributed by atoms with E-state index in [1.165, 1.54) is 7.11 Å². The normalized spacial score (nSPS) is 11.9. The quantitative estimate of drug-likeness (QED) is 0.461. The first-order valence-corrected chi connectivity index (χ1v) is 8.00. The molecule has 0 saturated carbocycles. The van der Waals surface area contributed by atoms with E-state index in [0.717, 1.165) is 6.07 Å². The Labute approximate surface area is 111 Å². The van der Waals surface area contributed by atoms with Gasteiger partial charge in [0.25, 0.3) is 0 Å². The van der Waals surface area contributed by atoms with Crippen molar-refractivity contribution in [2.75, 3.05) is 7.11 Å². The molecule has 0 aliphatic rings. The van der Waals surface area contributed by atoms with Crippen LogP contribution in [0.25, 0.3) is 0 Å². The summed E-state index contributed by atoms with van der Waals surface area (Å²) in [7, 11) is -2.28. The summed E-state index contributed by atoms with van der Waals surface area (Å²) >= 11 is 0. The SMILES string of the molecule is CO[Si](O)(O)CCCCCc1cc(F)c(F)cc1F. The zero-order chi connectivity index (χ0) is 14.5. The Morgan fingerprint density at radius 2 is 1.63 bits per heavy atom. The third kappa shape index (κ3) is 5.31. The van der Waals surface area contributed by atoms with Crippen molar-refractivity contribution in [3.8, 4) is 0 Å². The van der Waals surface area contributed by atoms with Crippen molar-refractivity contribution < 1.29 is 27.2 Å². The fourth-order valence-corrected chi connectivity index (χ4v) is 2.62. The summed E-state index contributed by atoms with van der Waals surface area (Å²) in [6.45, 7) is 0. The number of rotatable bonds is 7. The first-order chi connectivity index (χ1) is 8.85. The van der Waals surface area contributed by atoms with Gasteiger partial charge in [0.05, 0.1) is 0 Å².